The molecule has 0 aromatic heterocycles. The molecule has 0 saturated carbocycles. The van der Waals surface area contributed by atoms with E-state index in [0.29, 0.717) is 17.4 Å². The summed E-state index contributed by atoms with van der Waals surface area (Å²) in [4.78, 5) is 11.1. The summed E-state index contributed by atoms with van der Waals surface area (Å²) in [6.07, 6.45) is 1.60. The van der Waals surface area contributed by atoms with Crippen LogP contribution in [0.3, 0.4) is 0 Å². The minimum atomic E-state index is -0.355. The predicted molar refractivity (Wildman–Crippen MR) is 87.1 cm³/mol. The van der Waals surface area contributed by atoms with E-state index in [2.05, 4.69) is 28.1 Å². The number of nitro groups is 1. The van der Waals surface area contributed by atoms with Crippen LogP contribution < -0.4 is 0 Å². The molecular formula is C16H13BrClNO2. The lowest BCUT2D eigenvalue weighted by Crippen LogP contribution is -2.08. The molecule has 0 spiro atoms. The van der Waals surface area contributed by atoms with Gasteiger partial charge in [0, 0.05) is 21.5 Å². The van der Waals surface area contributed by atoms with E-state index >= 15 is 0 Å². The van der Waals surface area contributed by atoms with Crippen LogP contribution in [0.4, 0.5) is 5.69 Å². The summed E-state index contributed by atoms with van der Waals surface area (Å²) in [6.45, 7) is 0. The van der Waals surface area contributed by atoms with Gasteiger partial charge in [0.2, 0.25) is 0 Å². The van der Waals surface area contributed by atoms with Crippen LogP contribution in [0.15, 0.2) is 42.5 Å². The maximum absolute atomic E-state index is 11.2. The van der Waals surface area contributed by atoms with E-state index in [1.54, 1.807) is 12.1 Å². The summed E-state index contributed by atoms with van der Waals surface area (Å²) in [5, 5.41) is 11.6. The Morgan fingerprint density at radius 3 is 2.76 bits per heavy atom. The van der Waals surface area contributed by atoms with Crippen LogP contribution in [-0.2, 0) is 12.8 Å². The predicted octanol–water partition coefficient (Wildman–Crippen LogP) is 5.10. The van der Waals surface area contributed by atoms with Gasteiger partial charge < -0.3 is 0 Å². The Morgan fingerprint density at radius 2 is 2.05 bits per heavy atom. The monoisotopic (exact) mass is 365 g/mol. The van der Waals surface area contributed by atoms with Crippen molar-refractivity contribution >= 4 is 33.2 Å². The first-order valence-electron chi connectivity index (χ1n) is 6.71. The molecule has 0 bridgehead atoms. The van der Waals surface area contributed by atoms with Gasteiger partial charge in [0.25, 0.3) is 5.69 Å². The molecule has 0 amide bonds. The number of hydrogen-bond acceptors (Lipinski definition) is 2. The van der Waals surface area contributed by atoms with Crippen LogP contribution in [0, 0.1) is 16.0 Å². The zero-order chi connectivity index (χ0) is 15.0. The SMILES string of the molecule is O=[N+]([O-])c1cc(Cl)ccc1CC1Cc2ccccc2C1Br. The first kappa shape index (κ1) is 14.5. The number of benzene rings is 2. The van der Waals surface area contributed by atoms with Crippen molar-refractivity contribution < 1.29 is 4.92 Å². The molecule has 0 N–H and O–H groups in total. The Hall–Kier alpha value is -1.39. The molecule has 2 atom stereocenters. The highest BCUT2D eigenvalue weighted by Crippen LogP contribution is 2.44. The molecule has 0 fully saturated rings. The number of halogens is 2. The molecule has 3 rings (SSSR count). The van der Waals surface area contributed by atoms with Crippen molar-refractivity contribution in [3.63, 3.8) is 0 Å². The molecule has 2 aromatic carbocycles. The van der Waals surface area contributed by atoms with Crippen molar-refractivity contribution in [1.29, 1.82) is 0 Å². The van der Waals surface area contributed by atoms with Crippen molar-refractivity contribution in [2.45, 2.75) is 17.7 Å². The standard InChI is InChI=1S/C16H13BrClNO2/c17-16-12(7-10-3-1-2-4-14(10)16)8-11-5-6-13(18)9-15(11)19(20)21/h1-6,9,12,16H,7-8H2. The maximum Gasteiger partial charge on any atom is 0.274 e. The number of hydrogen-bond donors (Lipinski definition) is 0. The molecule has 1 aliphatic carbocycles. The van der Waals surface area contributed by atoms with Gasteiger partial charge in [0.05, 0.1) is 4.92 Å². The topological polar surface area (TPSA) is 43.1 Å². The molecule has 108 valence electrons. The average molecular weight is 367 g/mol. The van der Waals surface area contributed by atoms with E-state index in [0.717, 1.165) is 12.0 Å². The Kier molecular flexibility index (Phi) is 4.00. The van der Waals surface area contributed by atoms with Gasteiger partial charge in [0.1, 0.15) is 0 Å². The smallest absolute Gasteiger partial charge is 0.258 e. The number of fused-ring (bicyclic) bond motifs is 1. The summed E-state index contributed by atoms with van der Waals surface area (Å²) in [6, 6.07) is 13.2. The van der Waals surface area contributed by atoms with Gasteiger partial charge in [-0.25, -0.2) is 0 Å². The third-order valence-electron chi connectivity index (χ3n) is 3.97. The van der Waals surface area contributed by atoms with Gasteiger partial charge in [-0.1, -0.05) is 57.9 Å². The fourth-order valence-electron chi connectivity index (χ4n) is 2.97. The molecule has 0 aliphatic heterocycles. The maximum atomic E-state index is 11.2. The average Bonchev–Trinajstić information content (AvgIpc) is 2.78. The van der Waals surface area contributed by atoms with Crippen molar-refractivity contribution in [2.75, 3.05) is 0 Å². The minimum Gasteiger partial charge on any atom is -0.258 e. The highest BCUT2D eigenvalue weighted by Gasteiger charge is 2.31. The van der Waals surface area contributed by atoms with E-state index in [4.69, 9.17) is 11.6 Å². The fourth-order valence-corrected chi connectivity index (χ4v) is 3.95. The largest absolute Gasteiger partial charge is 0.274 e. The van der Waals surface area contributed by atoms with Crippen LogP contribution in [0.25, 0.3) is 0 Å². The van der Waals surface area contributed by atoms with E-state index < -0.39 is 0 Å². The third-order valence-corrected chi connectivity index (χ3v) is 5.45. The first-order chi connectivity index (χ1) is 10.1. The number of rotatable bonds is 3. The quantitative estimate of drug-likeness (QED) is 0.431. The zero-order valence-corrected chi connectivity index (χ0v) is 13.5. The second-order valence-electron chi connectivity index (χ2n) is 5.30. The zero-order valence-electron chi connectivity index (χ0n) is 11.1. The van der Waals surface area contributed by atoms with Gasteiger partial charge in [-0.3, -0.25) is 10.1 Å². The summed E-state index contributed by atoms with van der Waals surface area (Å²) in [5.74, 6) is 0.322. The van der Waals surface area contributed by atoms with Crippen LogP contribution in [-0.4, -0.2) is 4.92 Å². The van der Waals surface area contributed by atoms with E-state index in [1.807, 2.05) is 12.1 Å². The Balaban J connectivity index is 1.88. The first-order valence-corrected chi connectivity index (χ1v) is 8.00. The highest BCUT2D eigenvalue weighted by atomic mass is 79.9. The van der Waals surface area contributed by atoms with E-state index in [1.165, 1.54) is 17.2 Å². The number of nitrogens with zero attached hydrogens (tertiary/aromatic N) is 1. The number of nitro benzene ring substituents is 1. The van der Waals surface area contributed by atoms with Crippen LogP contribution >= 0.6 is 27.5 Å². The molecular weight excluding hydrogens is 354 g/mol. The minimum absolute atomic E-state index is 0.109. The molecule has 0 radical (unpaired) electrons. The normalized spacial score (nSPS) is 20.3. The van der Waals surface area contributed by atoms with Gasteiger partial charge in [0.15, 0.2) is 0 Å². The summed E-state index contributed by atoms with van der Waals surface area (Å²) in [5.41, 5.74) is 3.46. The van der Waals surface area contributed by atoms with Crippen LogP contribution in [0.2, 0.25) is 5.02 Å². The third kappa shape index (κ3) is 2.83. The Labute approximate surface area is 136 Å². The lowest BCUT2D eigenvalue weighted by Gasteiger charge is -2.14. The highest BCUT2D eigenvalue weighted by molar-refractivity contribution is 9.09. The molecule has 2 unspecified atom stereocenters. The molecule has 2 aromatic rings. The van der Waals surface area contributed by atoms with Gasteiger partial charge in [-0.15, -0.1) is 0 Å². The molecule has 0 heterocycles. The van der Waals surface area contributed by atoms with Crippen LogP contribution in [0.5, 0.6) is 0 Å². The summed E-state index contributed by atoms with van der Waals surface area (Å²) >= 11 is 9.61. The lowest BCUT2D eigenvalue weighted by molar-refractivity contribution is -0.385. The molecule has 21 heavy (non-hydrogen) atoms. The van der Waals surface area contributed by atoms with Crippen molar-refractivity contribution in [1.82, 2.24) is 0 Å². The number of alkyl halides is 1. The van der Waals surface area contributed by atoms with Gasteiger partial charge in [-0.05, 0) is 36.0 Å². The van der Waals surface area contributed by atoms with E-state index in [-0.39, 0.29) is 15.4 Å². The second-order valence-corrected chi connectivity index (χ2v) is 6.72. The van der Waals surface area contributed by atoms with Gasteiger partial charge in [-0.2, -0.15) is 0 Å². The molecule has 3 nitrogen and oxygen atoms in total. The van der Waals surface area contributed by atoms with Crippen molar-refractivity contribution in [3.05, 3.63) is 74.3 Å². The Bertz CT molecular complexity index is 704. The van der Waals surface area contributed by atoms with Crippen LogP contribution in [0.1, 0.15) is 21.5 Å². The summed E-state index contributed by atoms with van der Waals surface area (Å²) in [7, 11) is 0. The van der Waals surface area contributed by atoms with Crippen molar-refractivity contribution in [3.8, 4) is 0 Å². The van der Waals surface area contributed by atoms with Gasteiger partial charge >= 0.3 is 0 Å². The lowest BCUT2D eigenvalue weighted by atomic mass is 9.95. The second kappa shape index (κ2) is 5.78. The fraction of sp³-hybridized carbons (Fsp3) is 0.250. The summed E-state index contributed by atoms with van der Waals surface area (Å²) < 4.78 is 0. The van der Waals surface area contributed by atoms with E-state index in [9.17, 15) is 10.1 Å². The molecule has 0 saturated heterocycles. The Morgan fingerprint density at radius 1 is 1.29 bits per heavy atom. The molecule has 1 aliphatic rings. The molecule has 5 heteroatoms. The van der Waals surface area contributed by atoms with Crippen molar-refractivity contribution in [2.24, 2.45) is 5.92 Å².